The number of nitrogens with one attached hydrogen (secondary N) is 1. The number of amides is 2. The molecule has 2 amide bonds. The second-order valence-electron chi connectivity index (χ2n) is 8.28. The van der Waals surface area contributed by atoms with Gasteiger partial charge in [0.25, 0.3) is 0 Å². The summed E-state index contributed by atoms with van der Waals surface area (Å²) in [6.07, 6.45) is 4.30. The molecule has 0 saturated heterocycles. The molecule has 1 heterocycles. The summed E-state index contributed by atoms with van der Waals surface area (Å²) in [6, 6.07) is 18.7. The zero-order valence-corrected chi connectivity index (χ0v) is 21.3. The fourth-order valence-electron chi connectivity index (χ4n) is 3.54. The van der Waals surface area contributed by atoms with Crippen LogP contribution < -0.4 is 10.1 Å². The molecule has 1 aromatic heterocycles. The Bertz CT molecular complexity index is 1250. The van der Waals surface area contributed by atoms with E-state index in [4.69, 9.17) is 4.74 Å². The fourth-order valence-corrected chi connectivity index (χ4v) is 3.89. The van der Waals surface area contributed by atoms with Gasteiger partial charge < -0.3 is 15.0 Å². The third kappa shape index (κ3) is 7.37. The van der Waals surface area contributed by atoms with Crippen LogP contribution in [0.3, 0.4) is 0 Å². The molecule has 0 bridgehead atoms. The number of benzene rings is 2. The molecule has 0 aliphatic heterocycles. The Morgan fingerprint density at radius 2 is 1.61 bits per heavy atom. The van der Waals surface area contributed by atoms with Gasteiger partial charge in [0.15, 0.2) is 0 Å². The van der Waals surface area contributed by atoms with Gasteiger partial charge >= 0.3 is 0 Å². The summed E-state index contributed by atoms with van der Waals surface area (Å²) < 4.78 is 30.2. The van der Waals surface area contributed by atoms with Crippen molar-refractivity contribution in [1.29, 1.82) is 0 Å². The number of carbonyl (C=O) groups is 2. The van der Waals surface area contributed by atoms with Crippen LogP contribution in [0.25, 0.3) is 0 Å². The number of pyridine rings is 1. The minimum atomic E-state index is -3.61. The second kappa shape index (κ2) is 12.3. The summed E-state index contributed by atoms with van der Waals surface area (Å²) in [5, 5.41) is 2.91. The highest BCUT2D eigenvalue weighted by molar-refractivity contribution is 7.88. The number of nitrogens with zero attached hydrogens (tertiary/aromatic N) is 3. The molecule has 1 atom stereocenters. The normalized spacial score (nSPS) is 12.1. The Kier molecular flexibility index (Phi) is 9.15. The predicted octanol–water partition coefficient (Wildman–Crippen LogP) is 2.37. The molecule has 3 rings (SSSR count). The van der Waals surface area contributed by atoms with E-state index >= 15 is 0 Å². The standard InChI is InChI=1S/C26H30N4O5S/c1-29(36(3,33)34)19-24(31)30(18-21-9-11-23(35-2)12-10-21)25(22-7-5-4-6-8-22)26(32)28-17-20-13-15-27-16-14-20/h4-16,25H,17-19H2,1-3H3,(H,28,32)/t25-/m0/s1. The van der Waals surface area contributed by atoms with Crippen molar-refractivity contribution in [2.45, 2.75) is 19.1 Å². The molecule has 0 unspecified atom stereocenters. The highest BCUT2D eigenvalue weighted by atomic mass is 32.2. The van der Waals surface area contributed by atoms with Crippen LogP contribution in [0.4, 0.5) is 0 Å². The minimum absolute atomic E-state index is 0.0860. The molecule has 1 N–H and O–H groups in total. The molecule has 0 aliphatic rings. The number of hydrogen-bond acceptors (Lipinski definition) is 6. The van der Waals surface area contributed by atoms with Crippen molar-refractivity contribution in [2.24, 2.45) is 0 Å². The van der Waals surface area contributed by atoms with E-state index in [9.17, 15) is 18.0 Å². The van der Waals surface area contributed by atoms with Crippen molar-refractivity contribution in [2.75, 3.05) is 27.0 Å². The number of hydrogen-bond donors (Lipinski definition) is 1. The number of carbonyl (C=O) groups excluding carboxylic acids is 2. The summed E-state index contributed by atoms with van der Waals surface area (Å²) in [5.74, 6) is -0.239. The van der Waals surface area contributed by atoms with Crippen molar-refractivity contribution in [3.63, 3.8) is 0 Å². The van der Waals surface area contributed by atoms with Crippen LogP contribution in [0, 0.1) is 0 Å². The van der Waals surface area contributed by atoms with Gasteiger partial charge in [-0.1, -0.05) is 42.5 Å². The first-order chi connectivity index (χ1) is 17.2. The second-order valence-corrected chi connectivity index (χ2v) is 10.4. The first-order valence-corrected chi connectivity index (χ1v) is 13.1. The lowest BCUT2D eigenvalue weighted by Gasteiger charge is -2.32. The molecule has 3 aromatic rings. The molecule has 0 saturated carbocycles. The van der Waals surface area contributed by atoms with Crippen LogP contribution in [-0.2, 0) is 32.7 Å². The SMILES string of the molecule is COc1ccc(CN(C(=O)CN(C)S(C)(=O)=O)[C@H](C(=O)NCc2ccncc2)c2ccccc2)cc1. The lowest BCUT2D eigenvalue weighted by Crippen LogP contribution is -2.47. The number of ether oxygens (including phenoxy) is 1. The molecule has 9 nitrogen and oxygen atoms in total. The van der Waals surface area contributed by atoms with Gasteiger partial charge in [0.1, 0.15) is 11.8 Å². The van der Waals surface area contributed by atoms with Crippen molar-refractivity contribution < 1.29 is 22.7 Å². The monoisotopic (exact) mass is 510 g/mol. The maximum atomic E-state index is 13.6. The number of aromatic nitrogens is 1. The van der Waals surface area contributed by atoms with Crippen molar-refractivity contribution >= 4 is 21.8 Å². The number of likely N-dealkylation sites (N-methyl/N-ethyl adjacent to an activating group) is 1. The number of sulfonamides is 1. The molecular formula is C26H30N4O5S. The van der Waals surface area contributed by atoms with Gasteiger partial charge in [-0.2, -0.15) is 4.31 Å². The molecule has 2 aromatic carbocycles. The van der Waals surface area contributed by atoms with Crippen LogP contribution in [0.15, 0.2) is 79.1 Å². The number of rotatable bonds is 11. The van der Waals surface area contributed by atoms with E-state index in [1.165, 1.54) is 11.9 Å². The Labute approximate surface area is 211 Å². The van der Waals surface area contributed by atoms with Crippen molar-refractivity contribution in [3.05, 3.63) is 95.8 Å². The van der Waals surface area contributed by atoms with Crippen molar-refractivity contribution in [3.8, 4) is 5.75 Å². The van der Waals surface area contributed by atoms with Crippen molar-refractivity contribution in [1.82, 2.24) is 19.5 Å². The Morgan fingerprint density at radius 1 is 0.972 bits per heavy atom. The van der Waals surface area contributed by atoms with Crippen LogP contribution in [0.2, 0.25) is 0 Å². The van der Waals surface area contributed by atoms with Gasteiger partial charge in [-0.3, -0.25) is 14.6 Å². The average molecular weight is 511 g/mol. The Hall–Kier alpha value is -3.76. The molecule has 10 heteroatoms. The topological polar surface area (TPSA) is 109 Å². The maximum absolute atomic E-state index is 13.6. The molecular weight excluding hydrogens is 480 g/mol. The largest absolute Gasteiger partial charge is 0.497 e. The third-order valence-corrected chi connectivity index (χ3v) is 6.91. The third-order valence-electron chi connectivity index (χ3n) is 5.65. The Balaban J connectivity index is 1.97. The molecule has 0 aliphatic carbocycles. The van der Waals surface area contributed by atoms with Gasteiger partial charge in [0.05, 0.1) is 19.9 Å². The van der Waals surface area contributed by atoms with E-state index in [0.29, 0.717) is 11.3 Å². The van der Waals surface area contributed by atoms with E-state index in [2.05, 4.69) is 10.3 Å². The van der Waals surface area contributed by atoms with E-state index in [1.54, 1.807) is 80.2 Å². The van der Waals surface area contributed by atoms with Gasteiger partial charge in [0, 0.05) is 32.5 Å². The van der Waals surface area contributed by atoms with Crippen LogP contribution in [-0.4, -0.2) is 61.4 Å². The van der Waals surface area contributed by atoms with E-state index in [0.717, 1.165) is 21.7 Å². The quantitative estimate of drug-likeness (QED) is 0.424. The first-order valence-electron chi connectivity index (χ1n) is 11.2. The fraction of sp³-hybridized carbons (Fsp3) is 0.269. The van der Waals surface area contributed by atoms with Gasteiger partial charge in [-0.25, -0.2) is 8.42 Å². The van der Waals surface area contributed by atoms with E-state index in [1.807, 2.05) is 6.07 Å². The van der Waals surface area contributed by atoms with Crippen LogP contribution >= 0.6 is 0 Å². The molecule has 0 spiro atoms. The Morgan fingerprint density at radius 3 is 2.19 bits per heavy atom. The van der Waals surface area contributed by atoms with E-state index < -0.39 is 28.5 Å². The average Bonchev–Trinajstić information content (AvgIpc) is 2.88. The molecule has 190 valence electrons. The molecule has 0 radical (unpaired) electrons. The van der Waals surface area contributed by atoms with Gasteiger partial charge in [0.2, 0.25) is 21.8 Å². The summed E-state index contributed by atoms with van der Waals surface area (Å²) >= 11 is 0. The van der Waals surface area contributed by atoms with Crippen LogP contribution in [0.1, 0.15) is 22.7 Å². The first kappa shape index (κ1) is 26.8. The highest BCUT2D eigenvalue weighted by Gasteiger charge is 2.32. The maximum Gasteiger partial charge on any atom is 0.247 e. The molecule has 36 heavy (non-hydrogen) atoms. The van der Waals surface area contributed by atoms with E-state index in [-0.39, 0.29) is 19.0 Å². The number of methoxy groups -OCH3 is 1. The summed E-state index contributed by atoms with van der Waals surface area (Å²) in [7, 11) is -0.714. The lowest BCUT2D eigenvalue weighted by atomic mass is 10.0. The smallest absolute Gasteiger partial charge is 0.247 e. The van der Waals surface area contributed by atoms with Gasteiger partial charge in [-0.15, -0.1) is 0 Å². The highest BCUT2D eigenvalue weighted by Crippen LogP contribution is 2.25. The summed E-state index contributed by atoms with van der Waals surface area (Å²) in [5.41, 5.74) is 2.22. The zero-order chi connectivity index (χ0) is 26.1. The summed E-state index contributed by atoms with van der Waals surface area (Å²) in [4.78, 5) is 32.5. The van der Waals surface area contributed by atoms with Crippen LogP contribution in [0.5, 0.6) is 5.75 Å². The predicted molar refractivity (Wildman–Crippen MR) is 136 cm³/mol. The van der Waals surface area contributed by atoms with Gasteiger partial charge in [-0.05, 0) is 41.0 Å². The molecule has 0 fully saturated rings. The lowest BCUT2D eigenvalue weighted by molar-refractivity contribution is -0.141. The summed E-state index contributed by atoms with van der Waals surface area (Å²) in [6.45, 7) is -0.0723. The minimum Gasteiger partial charge on any atom is -0.497 e. The zero-order valence-electron chi connectivity index (χ0n) is 20.5.